The zero-order valence-corrected chi connectivity index (χ0v) is 15.9. The number of carbonyl (C=O) groups is 1. The second kappa shape index (κ2) is 7.63. The molecule has 0 aromatic carbocycles. The Labute approximate surface area is 166 Å². The van der Waals surface area contributed by atoms with E-state index in [2.05, 4.69) is 19.9 Å². The van der Waals surface area contributed by atoms with E-state index in [4.69, 9.17) is 0 Å². The highest BCUT2D eigenvalue weighted by atomic mass is 19.1. The Morgan fingerprint density at radius 1 is 1.10 bits per heavy atom. The summed E-state index contributed by atoms with van der Waals surface area (Å²) in [6, 6.07) is 7.00. The van der Waals surface area contributed by atoms with Crippen molar-refractivity contribution in [3.05, 3.63) is 73.3 Å². The first-order valence-electron chi connectivity index (χ1n) is 9.01. The number of H-pyrrole nitrogens is 1. The number of halogens is 1. The Hall–Kier alpha value is -3.87. The fourth-order valence-corrected chi connectivity index (χ4v) is 3.12. The number of allylic oxidation sites excluding steroid dienone is 1. The predicted molar refractivity (Wildman–Crippen MR) is 111 cm³/mol. The van der Waals surface area contributed by atoms with Gasteiger partial charge in [-0.2, -0.15) is 4.39 Å². The molecule has 0 spiro atoms. The number of nitrogens with one attached hydrogen (secondary N) is 1. The van der Waals surface area contributed by atoms with E-state index in [-0.39, 0.29) is 5.91 Å². The third-order valence-corrected chi connectivity index (χ3v) is 4.65. The molecule has 4 aromatic rings. The van der Waals surface area contributed by atoms with Crippen LogP contribution in [0.1, 0.15) is 6.92 Å². The van der Waals surface area contributed by atoms with Crippen LogP contribution in [0.2, 0.25) is 0 Å². The van der Waals surface area contributed by atoms with Crippen molar-refractivity contribution in [1.29, 1.82) is 0 Å². The number of hydrogen-bond donors (Lipinski definition) is 1. The van der Waals surface area contributed by atoms with Crippen LogP contribution in [0.5, 0.6) is 0 Å². The molecule has 7 heteroatoms. The highest BCUT2D eigenvalue weighted by molar-refractivity contribution is 6.01. The lowest BCUT2D eigenvalue weighted by Gasteiger charge is -2.15. The summed E-state index contributed by atoms with van der Waals surface area (Å²) in [5.41, 5.74) is 4.59. The van der Waals surface area contributed by atoms with Crippen LogP contribution < -0.4 is 4.90 Å². The third kappa shape index (κ3) is 3.62. The van der Waals surface area contributed by atoms with Gasteiger partial charge in [0.2, 0.25) is 11.9 Å². The average Bonchev–Trinajstić information content (AvgIpc) is 3.17. The van der Waals surface area contributed by atoms with Crippen molar-refractivity contribution >= 4 is 22.6 Å². The molecule has 0 atom stereocenters. The minimum Gasteiger partial charge on any atom is -0.346 e. The second-order valence-electron chi connectivity index (χ2n) is 6.52. The first kappa shape index (κ1) is 18.5. The van der Waals surface area contributed by atoms with E-state index in [1.54, 1.807) is 50.9 Å². The maximum atomic E-state index is 13.6. The van der Waals surface area contributed by atoms with Gasteiger partial charge in [0, 0.05) is 60.0 Å². The number of pyridine rings is 3. The molecule has 144 valence electrons. The lowest BCUT2D eigenvalue weighted by atomic mass is 10.0. The van der Waals surface area contributed by atoms with Crippen LogP contribution in [0, 0.1) is 5.95 Å². The minimum atomic E-state index is -0.535. The zero-order valence-electron chi connectivity index (χ0n) is 15.9. The molecule has 29 heavy (non-hydrogen) atoms. The first-order chi connectivity index (χ1) is 14.1. The number of carbonyl (C=O) groups excluding carboxylic acids is 1. The maximum absolute atomic E-state index is 13.6. The van der Waals surface area contributed by atoms with Gasteiger partial charge in [0.25, 0.3) is 0 Å². The van der Waals surface area contributed by atoms with Crippen molar-refractivity contribution in [2.24, 2.45) is 0 Å². The van der Waals surface area contributed by atoms with Crippen molar-refractivity contribution in [2.45, 2.75) is 6.92 Å². The Morgan fingerprint density at radius 2 is 1.93 bits per heavy atom. The number of likely N-dealkylation sites (N-methyl/N-ethyl adjacent to an activating group) is 1. The van der Waals surface area contributed by atoms with Crippen LogP contribution in [0.15, 0.2) is 67.4 Å². The summed E-state index contributed by atoms with van der Waals surface area (Å²) in [7, 11) is 1.70. The molecular formula is C22H18FN5O. The average molecular weight is 387 g/mol. The number of hydrogen-bond acceptors (Lipinski definition) is 4. The monoisotopic (exact) mass is 387 g/mol. The molecule has 0 saturated heterocycles. The largest absolute Gasteiger partial charge is 0.346 e. The zero-order chi connectivity index (χ0) is 20.4. The fraction of sp³-hybridized carbons (Fsp3) is 0.0909. The molecule has 0 unspecified atom stereocenters. The summed E-state index contributed by atoms with van der Waals surface area (Å²) in [4.78, 5) is 29.1. The molecule has 6 nitrogen and oxygen atoms in total. The maximum Gasteiger partial charge on any atom is 0.250 e. The van der Waals surface area contributed by atoms with Gasteiger partial charge in [-0.15, -0.1) is 0 Å². The second-order valence-corrected chi connectivity index (χ2v) is 6.52. The van der Waals surface area contributed by atoms with E-state index in [0.717, 1.165) is 22.1 Å². The van der Waals surface area contributed by atoms with Gasteiger partial charge in [0.15, 0.2) is 0 Å². The van der Waals surface area contributed by atoms with Gasteiger partial charge in [0.1, 0.15) is 5.65 Å². The molecule has 4 heterocycles. The van der Waals surface area contributed by atoms with Gasteiger partial charge in [-0.05, 0) is 36.8 Å². The van der Waals surface area contributed by atoms with Gasteiger partial charge in [0.05, 0.1) is 11.9 Å². The fourth-order valence-electron chi connectivity index (χ4n) is 3.12. The highest BCUT2D eigenvalue weighted by Gasteiger charge is 2.12. The molecule has 4 rings (SSSR count). The number of anilines is 1. The third-order valence-electron chi connectivity index (χ3n) is 4.65. The predicted octanol–water partition coefficient (Wildman–Crippen LogP) is 4.36. The minimum absolute atomic E-state index is 0.132. The van der Waals surface area contributed by atoms with Crippen LogP contribution in [0.4, 0.5) is 10.1 Å². The standard InChI is InChI=1S/C22H18FN5O/c1-3-4-21(29)28(2)17-7-15(10-24-12-17)16-8-18-19(13-27-22(18)26-11-16)14-5-6-25-20(23)9-14/h3-13H,1-2H3,(H,26,27)/b4-3+. The SMILES string of the molecule is C/C=C/C(=O)N(C)c1cncc(-c2cnc3[nH]cc(-c4ccnc(F)c4)c3c2)c1. The molecule has 0 fully saturated rings. The summed E-state index contributed by atoms with van der Waals surface area (Å²) in [5.74, 6) is -0.667. The van der Waals surface area contributed by atoms with Crippen molar-refractivity contribution in [1.82, 2.24) is 19.9 Å². The van der Waals surface area contributed by atoms with Crippen LogP contribution >= 0.6 is 0 Å². The van der Waals surface area contributed by atoms with Crippen molar-refractivity contribution in [2.75, 3.05) is 11.9 Å². The summed E-state index contributed by atoms with van der Waals surface area (Å²) in [5, 5.41) is 0.858. The molecule has 0 bridgehead atoms. The Kier molecular flexibility index (Phi) is 4.87. The first-order valence-corrected chi connectivity index (χ1v) is 9.01. The van der Waals surface area contributed by atoms with E-state index in [0.29, 0.717) is 16.9 Å². The van der Waals surface area contributed by atoms with Gasteiger partial charge >= 0.3 is 0 Å². The molecule has 0 aliphatic rings. The van der Waals surface area contributed by atoms with Gasteiger partial charge < -0.3 is 9.88 Å². The summed E-state index contributed by atoms with van der Waals surface area (Å²) >= 11 is 0. The molecule has 0 aliphatic carbocycles. The number of fused-ring (bicyclic) bond motifs is 1. The Balaban J connectivity index is 1.76. The number of nitrogens with zero attached hydrogens (tertiary/aromatic N) is 4. The normalized spacial score (nSPS) is 11.3. The van der Waals surface area contributed by atoms with Crippen LogP contribution in [-0.4, -0.2) is 32.9 Å². The summed E-state index contributed by atoms with van der Waals surface area (Å²) in [6.07, 6.45) is 11.5. The number of rotatable bonds is 4. The highest BCUT2D eigenvalue weighted by Crippen LogP contribution is 2.31. The number of aromatic nitrogens is 4. The molecular weight excluding hydrogens is 369 g/mol. The molecule has 1 amide bonds. The van der Waals surface area contributed by atoms with E-state index in [9.17, 15) is 9.18 Å². The number of amides is 1. The number of aromatic amines is 1. The topological polar surface area (TPSA) is 74.8 Å². The van der Waals surface area contributed by atoms with Crippen LogP contribution in [0.3, 0.4) is 0 Å². The van der Waals surface area contributed by atoms with E-state index in [1.807, 2.05) is 12.1 Å². The van der Waals surface area contributed by atoms with Gasteiger partial charge in [-0.25, -0.2) is 9.97 Å². The Morgan fingerprint density at radius 3 is 2.72 bits per heavy atom. The Bertz CT molecular complexity index is 1230. The quantitative estimate of drug-likeness (QED) is 0.417. The lowest BCUT2D eigenvalue weighted by Crippen LogP contribution is -2.24. The van der Waals surface area contributed by atoms with Crippen LogP contribution in [-0.2, 0) is 4.79 Å². The lowest BCUT2D eigenvalue weighted by molar-refractivity contribution is -0.113. The molecule has 1 N–H and O–H groups in total. The van der Waals surface area contributed by atoms with Crippen molar-refractivity contribution < 1.29 is 9.18 Å². The van der Waals surface area contributed by atoms with E-state index in [1.165, 1.54) is 23.2 Å². The summed E-state index contributed by atoms with van der Waals surface area (Å²) in [6.45, 7) is 1.80. The van der Waals surface area contributed by atoms with Crippen molar-refractivity contribution in [3.63, 3.8) is 0 Å². The molecule has 0 saturated carbocycles. The van der Waals surface area contributed by atoms with Gasteiger partial charge in [-0.1, -0.05) is 6.08 Å². The van der Waals surface area contributed by atoms with Crippen LogP contribution in [0.25, 0.3) is 33.3 Å². The van der Waals surface area contributed by atoms with Gasteiger partial charge in [-0.3, -0.25) is 9.78 Å². The molecule has 0 radical (unpaired) electrons. The van der Waals surface area contributed by atoms with E-state index >= 15 is 0 Å². The molecule has 4 aromatic heterocycles. The van der Waals surface area contributed by atoms with Crippen molar-refractivity contribution in [3.8, 4) is 22.3 Å². The van der Waals surface area contributed by atoms with E-state index < -0.39 is 5.95 Å². The summed E-state index contributed by atoms with van der Waals surface area (Å²) < 4.78 is 13.6. The molecule has 0 aliphatic heterocycles. The smallest absolute Gasteiger partial charge is 0.250 e.